The van der Waals surface area contributed by atoms with Gasteiger partial charge in [-0.3, -0.25) is 20.4 Å². The number of piperidine rings is 1. The number of aromatic nitrogens is 2. The summed E-state index contributed by atoms with van der Waals surface area (Å²) in [6.45, 7) is 14.8. The molecule has 0 spiro atoms. The van der Waals surface area contributed by atoms with Gasteiger partial charge in [0.2, 0.25) is 5.95 Å². The summed E-state index contributed by atoms with van der Waals surface area (Å²) in [7, 11) is 0. The Bertz CT molecular complexity index is 1020. The quantitative estimate of drug-likeness (QED) is 0.389. The van der Waals surface area contributed by atoms with Crippen molar-refractivity contribution in [3.05, 3.63) is 53.3 Å². The van der Waals surface area contributed by atoms with Crippen LogP contribution in [0.2, 0.25) is 0 Å². The van der Waals surface area contributed by atoms with Crippen LogP contribution < -0.4 is 16.2 Å². The predicted octanol–water partition coefficient (Wildman–Crippen LogP) is 5.63. The molecular weight excluding hydrogens is 502 g/mol. The van der Waals surface area contributed by atoms with Gasteiger partial charge in [0, 0.05) is 18.4 Å². The van der Waals surface area contributed by atoms with Crippen LogP contribution in [0.1, 0.15) is 101 Å². The van der Waals surface area contributed by atoms with Crippen molar-refractivity contribution in [3.63, 3.8) is 0 Å². The number of benzene rings is 1. The highest BCUT2D eigenvalue weighted by atomic mass is 19.3. The van der Waals surface area contributed by atoms with Crippen molar-refractivity contribution in [2.45, 2.75) is 97.6 Å². The third-order valence-corrected chi connectivity index (χ3v) is 7.16. The molecule has 0 bridgehead atoms. The van der Waals surface area contributed by atoms with Gasteiger partial charge < -0.3 is 10.2 Å². The van der Waals surface area contributed by atoms with Gasteiger partial charge in [-0.15, -0.1) is 0 Å². The van der Waals surface area contributed by atoms with Gasteiger partial charge in [0.05, 0.1) is 11.1 Å². The van der Waals surface area contributed by atoms with Gasteiger partial charge in [-0.25, -0.2) is 9.97 Å². The highest BCUT2D eigenvalue weighted by Crippen LogP contribution is 2.44. The molecule has 0 radical (unpaired) electrons. The normalized spacial score (nSPS) is 16.7. The molecule has 1 aromatic carbocycles. The van der Waals surface area contributed by atoms with E-state index in [4.69, 9.17) is 0 Å². The Morgan fingerprint density at radius 2 is 1.51 bits per heavy atom. The molecule has 2 aromatic rings. The van der Waals surface area contributed by atoms with Gasteiger partial charge in [0.1, 0.15) is 0 Å². The average molecular weight is 547 g/mol. The number of amides is 2. The number of nitrogens with one attached hydrogen (secondary N) is 3. The summed E-state index contributed by atoms with van der Waals surface area (Å²) in [6.07, 6.45) is 4.71. The second kappa shape index (κ2) is 15.5. The second-order valence-electron chi connectivity index (χ2n) is 9.63. The van der Waals surface area contributed by atoms with Crippen molar-refractivity contribution >= 4 is 17.8 Å². The summed E-state index contributed by atoms with van der Waals surface area (Å²) >= 11 is 0. The molecule has 216 valence electrons. The molecular formula is C29H44F2N6O2. The van der Waals surface area contributed by atoms with E-state index in [9.17, 15) is 18.4 Å². The maximum atomic E-state index is 12.2. The van der Waals surface area contributed by atoms with Crippen molar-refractivity contribution in [3.8, 4) is 0 Å². The number of rotatable bonds is 7. The summed E-state index contributed by atoms with van der Waals surface area (Å²) in [6, 6.07) is 9.48. The van der Waals surface area contributed by atoms with Gasteiger partial charge in [-0.05, 0) is 76.1 Å². The number of hydrogen-bond donors (Lipinski definition) is 3. The number of anilines is 1. The molecule has 1 aliphatic heterocycles. The van der Waals surface area contributed by atoms with Crippen LogP contribution in [-0.4, -0.2) is 52.2 Å². The molecule has 0 unspecified atom stereocenters. The van der Waals surface area contributed by atoms with Crippen LogP contribution >= 0.6 is 0 Å². The van der Waals surface area contributed by atoms with Gasteiger partial charge in [-0.1, -0.05) is 52.0 Å². The fraction of sp³-hybridized carbons (Fsp3) is 0.586. The van der Waals surface area contributed by atoms with E-state index in [0.29, 0.717) is 17.9 Å². The molecule has 1 saturated carbocycles. The Kier molecular flexibility index (Phi) is 12.7. The third kappa shape index (κ3) is 8.42. The number of carbonyl (C=O) groups excluding carboxylic acids is 2. The lowest BCUT2D eigenvalue weighted by Gasteiger charge is -2.43. The van der Waals surface area contributed by atoms with Crippen molar-refractivity contribution in [2.24, 2.45) is 0 Å². The van der Waals surface area contributed by atoms with Gasteiger partial charge >= 0.3 is 12.3 Å². The molecule has 0 atom stereocenters. The Morgan fingerprint density at radius 3 is 1.97 bits per heavy atom. The zero-order valence-corrected chi connectivity index (χ0v) is 24.1. The van der Waals surface area contributed by atoms with Crippen LogP contribution in [-0.2, 0) is 10.3 Å². The number of hydrogen-bond acceptors (Lipinski definition) is 6. The van der Waals surface area contributed by atoms with Gasteiger partial charge in [-0.2, -0.15) is 8.78 Å². The Labute approximate surface area is 231 Å². The number of carbonyl (C=O) groups is 2. The molecule has 39 heavy (non-hydrogen) atoms. The van der Waals surface area contributed by atoms with E-state index in [1.807, 2.05) is 33.1 Å². The average Bonchev–Trinajstić information content (AvgIpc) is 2.96. The Morgan fingerprint density at radius 1 is 0.949 bits per heavy atom. The third-order valence-electron chi connectivity index (χ3n) is 7.16. The van der Waals surface area contributed by atoms with Crippen LogP contribution in [0.4, 0.5) is 14.7 Å². The largest absolute Gasteiger partial charge is 0.345 e. The van der Waals surface area contributed by atoms with Crippen molar-refractivity contribution < 1.29 is 18.4 Å². The van der Waals surface area contributed by atoms with Crippen molar-refractivity contribution in [2.75, 3.05) is 18.4 Å². The van der Waals surface area contributed by atoms with Gasteiger partial charge in [0.15, 0.2) is 0 Å². The zero-order chi connectivity index (χ0) is 29.0. The molecule has 1 aromatic heterocycles. The number of alkyl halides is 2. The predicted molar refractivity (Wildman–Crippen MR) is 151 cm³/mol. The van der Waals surface area contributed by atoms with E-state index in [1.54, 1.807) is 5.43 Å². The van der Waals surface area contributed by atoms with Crippen molar-refractivity contribution in [1.82, 2.24) is 25.7 Å². The van der Waals surface area contributed by atoms with E-state index in [-0.39, 0.29) is 11.1 Å². The number of hydrazine groups is 1. The number of likely N-dealkylation sites (tertiary alicyclic amines) is 1. The highest BCUT2D eigenvalue weighted by molar-refractivity contribution is 5.95. The standard InChI is InChI=1S/C25H32F2N6O2.2C2H6/c1-16(2)33-12-8-18(9-13-33)17-4-6-20(7-5-17)25(10-3-11-25)30-24-28-14-19(15-29-24)22(34)31-32-23(35)21(26)27;2*1-2/h4-7,14-16,18,21H,3,8-13H2,1-2H3,(H,31,34)(H,32,35)(H,28,29,30);2*1-2H3. The van der Waals surface area contributed by atoms with E-state index >= 15 is 0 Å². The van der Waals surface area contributed by atoms with E-state index in [2.05, 4.69) is 58.3 Å². The fourth-order valence-corrected chi connectivity index (χ4v) is 4.81. The number of halogens is 2. The lowest BCUT2D eigenvalue weighted by molar-refractivity contribution is -0.132. The fourth-order valence-electron chi connectivity index (χ4n) is 4.81. The molecule has 1 saturated heterocycles. The number of nitrogens with zero attached hydrogens (tertiary/aromatic N) is 3. The first-order chi connectivity index (χ1) is 18.8. The van der Waals surface area contributed by atoms with Gasteiger partial charge in [0.25, 0.3) is 5.91 Å². The second-order valence-corrected chi connectivity index (χ2v) is 9.63. The molecule has 2 fully saturated rings. The zero-order valence-electron chi connectivity index (χ0n) is 24.1. The van der Waals surface area contributed by atoms with Crippen LogP contribution in [0.25, 0.3) is 0 Å². The molecule has 4 rings (SSSR count). The lowest BCUT2D eigenvalue weighted by Crippen LogP contribution is -2.44. The molecule has 2 aliphatic rings. The molecule has 2 heterocycles. The maximum Gasteiger partial charge on any atom is 0.317 e. The smallest absolute Gasteiger partial charge is 0.317 e. The van der Waals surface area contributed by atoms with Crippen molar-refractivity contribution in [1.29, 1.82) is 0 Å². The van der Waals surface area contributed by atoms with Crippen LogP contribution in [0.5, 0.6) is 0 Å². The molecule has 10 heteroatoms. The molecule has 3 N–H and O–H groups in total. The molecule has 1 aliphatic carbocycles. The maximum absolute atomic E-state index is 12.2. The highest BCUT2D eigenvalue weighted by Gasteiger charge is 2.39. The lowest BCUT2D eigenvalue weighted by atomic mass is 9.71. The van der Waals surface area contributed by atoms with Crippen LogP contribution in [0.3, 0.4) is 0 Å². The summed E-state index contributed by atoms with van der Waals surface area (Å²) < 4.78 is 24.5. The summed E-state index contributed by atoms with van der Waals surface area (Å²) in [5.74, 6) is -1.39. The monoisotopic (exact) mass is 546 g/mol. The topological polar surface area (TPSA) is 99.3 Å². The minimum absolute atomic E-state index is 0.0423. The van der Waals surface area contributed by atoms with Crippen LogP contribution in [0, 0.1) is 0 Å². The summed E-state index contributed by atoms with van der Waals surface area (Å²) in [5.41, 5.74) is 5.92. The first kappa shape index (κ1) is 32.1. The van der Waals surface area contributed by atoms with E-state index in [0.717, 1.165) is 32.4 Å². The Hall–Kier alpha value is -3.14. The first-order valence-electron chi connectivity index (χ1n) is 14.1. The SMILES string of the molecule is CC.CC.CC(C)N1CCC(c2ccc(C3(Nc4ncc(C(=O)NNC(=O)C(F)F)cn4)CCC3)cc2)CC1. The molecule has 2 amide bonds. The minimum atomic E-state index is -3.22. The summed E-state index contributed by atoms with van der Waals surface area (Å²) in [5, 5.41) is 3.43. The summed E-state index contributed by atoms with van der Waals surface area (Å²) in [4.78, 5) is 33.9. The first-order valence-corrected chi connectivity index (χ1v) is 14.1. The van der Waals surface area contributed by atoms with Crippen LogP contribution in [0.15, 0.2) is 36.7 Å². The minimum Gasteiger partial charge on any atom is -0.345 e. The van der Waals surface area contributed by atoms with E-state index < -0.39 is 18.2 Å². The molecule has 8 nitrogen and oxygen atoms in total. The Balaban J connectivity index is 0.00000127. The van der Waals surface area contributed by atoms with E-state index in [1.165, 1.54) is 36.4 Å².